The number of hydrogen-bond donors (Lipinski definition) is 2. The Hall–Kier alpha value is -0.610. The van der Waals surface area contributed by atoms with Crippen molar-refractivity contribution >= 4 is 5.97 Å². The Morgan fingerprint density at radius 3 is 2.33 bits per heavy atom. The monoisotopic (exact) mass is 176 g/mol. The summed E-state index contributed by atoms with van der Waals surface area (Å²) in [6.07, 6.45) is -1.19. The fourth-order valence-electron chi connectivity index (χ4n) is 0.610. The van der Waals surface area contributed by atoms with Gasteiger partial charge in [0.2, 0.25) is 0 Å². The summed E-state index contributed by atoms with van der Waals surface area (Å²) in [5.74, 6) is -0.684. The maximum atomic E-state index is 11.0. The maximum absolute atomic E-state index is 11.0. The van der Waals surface area contributed by atoms with Crippen molar-refractivity contribution in [1.29, 1.82) is 0 Å². The van der Waals surface area contributed by atoms with Gasteiger partial charge in [-0.2, -0.15) is 0 Å². The highest BCUT2D eigenvalue weighted by Gasteiger charge is 2.22. The van der Waals surface area contributed by atoms with E-state index in [4.69, 9.17) is 14.9 Å². The third-order valence-electron chi connectivity index (χ3n) is 1.08. The smallest absolute Gasteiger partial charge is 0.335 e. The van der Waals surface area contributed by atoms with Crippen molar-refractivity contribution in [2.24, 2.45) is 0 Å². The molecule has 0 spiro atoms. The van der Waals surface area contributed by atoms with Crippen LogP contribution in [0.3, 0.4) is 0 Å². The lowest BCUT2D eigenvalue weighted by molar-refractivity contribution is -0.165. The van der Waals surface area contributed by atoms with E-state index in [1.54, 1.807) is 20.8 Å². The van der Waals surface area contributed by atoms with Gasteiger partial charge < -0.3 is 14.9 Å². The zero-order valence-electron chi connectivity index (χ0n) is 7.70. The molecule has 0 amide bonds. The number of esters is 1. The second kappa shape index (κ2) is 4.42. The van der Waals surface area contributed by atoms with Crippen LogP contribution in [0.4, 0.5) is 0 Å². The van der Waals surface area contributed by atoms with Crippen molar-refractivity contribution in [3.8, 4) is 0 Å². The molecule has 0 saturated heterocycles. The molecule has 12 heavy (non-hydrogen) atoms. The third kappa shape index (κ3) is 5.09. The Morgan fingerprint density at radius 2 is 2.00 bits per heavy atom. The molecule has 0 aromatic carbocycles. The van der Waals surface area contributed by atoms with Gasteiger partial charge in [0.1, 0.15) is 5.60 Å². The van der Waals surface area contributed by atoms with Crippen LogP contribution in [-0.4, -0.2) is 34.5 Å². The van der Waals surface area contributed by atoms with Gasteiger partial charge in [-0.3, -0.25) is 0 Å². The van der Waals surface area contributed by atoms with E-state index < -0.39 is 17.7 Å². The minimum atomic E-state index is -1.21. The van der Waals surface area contributed by atoms with E-state index in [1.165, 1.54) is 0 Å². The molecule has 0 radical (unpaired) electrons. The fourth-order valence-corrected chi connectivity index (χ4v) is 0.610. The highest BCUT2D eigenvalue weighted by molar-refractivity contribution is 5.74. The first-order valence-corrected chi connectivity index (χ1v) is 3.88. The van der Waals surface area contributed by atoms with Crippen LogP contribution in [0.15, 0.2) is 0 Å². The third-order valence-corrected chi connectivity index (χ3v) is 1.08. The lowest BCUT2D eigenvalue weighted by Crippen LogP contribution is -2.32. The Bertz CT molecular complexity index is 148. The lowest BCUT2D eigenvalue weighted by atomic mass is 10.2. The van der Waals surface area contributed by atoms with E-state index in [9.17, 15) is 4.79 Å². The quantitative estimate of drug-likeness (QED) is 0.597. The maximum Gasteiger partial charge on any atom is 0.335 e. The molecule has 0 aliphatic rings. The van der Waals surface area contributed by atoms with E-state index in [-0.39, 0.29) is 13.0 Å². The molecule has 0 heterocycles. The van der Waals surface area contributed by atoms with Gasteiger partial charge in [0, 0.05) is 13.0 Å². The minimum absolute atomic E-state index is 0.0227. The second-order valence-corrected chi connectivity index (χ2v) is 3.56. The highest BCUT2D eigenvalue weighted by atomic mass is 16.6. The molecule has 1 unspecified atom stereocenters. The molecular weight excluding hydrogens is 160 g/mol. The van der Waals surface area contributed by atoms with Crippen LogP contribution < -0.4 is 0 Å². The van der Waals surface area contributed by atoms with Crippen molar-refractivity contribution in [2.45, 2.75) is 38.9 Å². The van der Waals surface area contributed by atoms with Gasteiger partial charge in [0.25, 0.3) is 0 Å². The zero-order valence-corrected chi connectivity index (χ0v) is 7.70. The van der Waals surface area contributed by atoms with E-state index in [0.717, 1.165) is 0 Å². The largest absolute Gasteiger partial charge is 0.458 e. The summed E-state index contributed by atoms with van der Waals surface area (Å²) in [6.45, 7) is 4.93. The van der Waals surface area contributed by atoms with Crippen LogP contribution >= 0.6 is 0 Å². The van der Waals surface area contributed by atoms with Crippen LogP contribution in [0.25, 0.3) is 0 Å². The summed E-state index contributed by atoms with van der Waals surface area (Å²) in [5, 5.41) is 17.5. The van der Waals surface area contributed by atoms with Gasteiger partial charge in [-0.15, -0.1) is 0 Å². The Labute approximate surface area is 72.2 Å². The Balaban J connectivity index is 3.87. The van der Waals surface area contributed by atoms with Gasteiger partial charge >= 0.3 is 5.97 Å². The van der Waals surface area contributed by atoms with Crippen molar-refractivity contribution in [3.63, 3.8) is 0 Å². The van der Waals surface area contributed by atoms with Crippen molar-refractivity contribution in [3.05, 3.63) is 0 Å². The summed E-state index contributed by atoms with van der Waals surface area (Å²) in [7, 11) is 0. The molecule has 0 aromatic rings. The van der Waals surface area contributed by atoms with E-state index in [2.05, 4.69) is 0 Å². The fraction of sp³-hybridized carbons (Fsp3) is 0.875. The van der Waals surface area contributed by atoms with Crippen LogP contribution in [0.2, 0.25) is 0 Å². The molecule has 1 atom stereocenters. The number of carbonyl (C=O) groups is 1. The van der Waals surface area contributed by atoms with Gasteiger partial charge in [-0.25, -0.2) is 4.79 Å². The molecule has 0 saturated carbocycles. The number of aliphatic hydroxyl groups is 2. The summed E-state index contributed by atoms with van der Waals surface area (Å²) < 4.78 is 4.85. The average molecular weight is 176 g/mol. The van der Waals surface area contributed by atoms with Gasteiger partial charge in [0.05, 0.1) is 0 Å². The van der Waals surface area contributed by atoms with Gasteiger partial charge in [0.15, 0.2) is 6.10 Å². The first-order valence-electron chi connectivity index (χ1n) is 3.88. The van der Waals surface area contributed by atoms with Crippen LogP contribution in [-0.2, 0) is 9.53 Å². The molecule has 0 aromatic heterocycles. The predicted molar refractivity (Wildman–Crippen MR) is 43.6 cm³/mol. The molecule has 0 aliphatic carbocycles. The number of ether oxygens (including phenoxy) is 1. The molecular formula is C8H16O4. The zero-order chi connectivity index (χ0) is 9.78. The molecule has 0 rings (SSSR count). The van der Waals surface area contributed by atoms with Crippen molar-refractivity contribution in [2.75, 3.05) is 6.61 Å². The lowest BCUT2D eigenvalue weighted by Gasteiger charge is -2.21. The standard InChI is InChI=1S/C8H16O4/c1-8(2,3)12-7(11)6(10)4-5-9/h6,9-10H,4-5H2,1-3H3. The van der Waals surface area contributed by atoms with Crippen LogP contribution in [0.5, 0.6) is 0 Å². The summed E-state index contributed by atoms with van der Waals surface area (Å²) >= 11 is 0. The van der Waals surface area contributed by atoms with Crippen molar-refractivity contribution < 1.29 is 19.7 Å². The summed E-state index contributed by atoms with van der Waals surface area (Å²) in [6, 6.07) is 0. The van der Waals surface area contributed by atoms with E-state index in [0.29, 0.717) is 0 Å². The number of hydrogen-bond acceptors (Lipinski definition) is 4. The average Bonchev–Trinajstić information content (AvgIpc) is 1.84. The predicted octanol–water partition coefficient (Wildman–Crippen LogP) is 0.0714. The molecule has 4 nitrogen and oxygen atoms in total. The molecule has 0 fully saturated rings. The topological polar surface area (TPSA) is 66.8 Å². The molecule has 0 aliphatic heterocycles. The normalized spacial score (nSPS) is 14.1. The first-order chi connectivity index (χ1) is 5.37. The molecule has 2 N–H and O–H groups in total. The highest BCUT2D eigenvalue weighted by Crippen LogP contribution is 2.09. The molecule has 72 valence electrons. The molecule has 0 bridgehead atoms. The van der Waals surface area contributed by atoms with Gasteiger partial charge in [-0.1, -0.05) is 0 Å². The summed E-state index contributed by atoms with van der Waals surface area (Å²) in [4.78, 5) is 11.0. The molecule has 4 heteroatoms. The van der Waals surface area contributed by atoms with Crippen LogP contribution in [0, 0.1) is 0 Å². The number of rotatable bonds is 3. The number of carbonyl (C=O) groups excluding carboxylic acids is 1. The van der Waals surface area contributed by atoms with Gasteiger partial charge in [-0.05, 0) is 20.8 Å². The van der Waals surface area contributed by atoms with Crippen molar-refractivity contribution in [1.82, 2.24) is 0 Å². The Kier molecular flexibility index (Phi) is 4.20. The van der Waals surface area contributed by atoms with Crippen LogP contribution in [0.1, 0.15) is 27.2 Å². The second-order valence-electron chi connectivity index (χ2n) is 3.56. The summed E-state index contributed by atoms with van der Waals surface area (Å²) in [5.41, 5.74) is -0.590. The van der Waals surface area contributed by atoms with E-state index in [1.807, 2.05) is 0 Å². The minimum Gasteiger partial charge on any atom is -0.458 e. The first kappa shape index (κ1) is 11.4. The SMILES string of the molecule is CC(C)(C)OC(=O)C(O)CCO. The number of aliphatic hydroxyl groups excluding tert-OH is 2. The van der Waals surface area contributed by atoms with E-state index >= 15 is 0 Å². The Morgan fingerprint density at radius 1 is 1.50 bits per heavy atom.